The van der Waals surface area contributed by atoms with E-state index in [0.29, 0.717) is 0 Å². The van der Waals surface area contributed by atoms with Crippen LogP contribution in [-0.4, -0.2) is 0 Å². The molecule has 0 bridgehead atoms. The first-order valence-corrected chi connectivity index (χ1v) is 7.65. The zero-order chi connectivity index (χ0) is 16.0. The van der Waals surface area contributed by atoms with Crippen LogP contribution in [0.15, 0.2) is 48.5 Å². The zero-order valence-electron chi connectivity index (χ0n) is 14.6. The van der Waals surface area contributed by atoms with Crippen molar-refractivity contribution in [1.29, 1.82) is 0 Å². The molecule has 0 spiro atoms. The molecule has 2 aromatic carbocycles. The molecular formula is C20H32. The molecule has 0 aromatic heterocycles. The van der Waals surface area contributed by atoms with E-state index in [2.05, 4.69) is 76.2 Å². The Morgan fingerprint density at radius 2 is 0.550 bits per heavy atom. The number of aryl methyl sites for hydroxylation is 4. The van der Waals surface area contributed by atoms with Crippen LogP contribution in [0.2, 0.25) is 0 Å². The van der Waals surface area contributed by atoms with E-state index in [-0.39, 0.29) is 0 Å². The minimum atomic E-state index is 1.37. The number of hydrogen-bond donors (Lipinski definition) is 0. The first kappa shape index (κ1) is 20.8. The third-order valence-electron chi connectivity index (χ3n) is 2.85. The Bertz CT molecular complexity index is 356. The van der Waals surface area contributed by atoms with E-state index in [1.54, 1.807) is 0 Å². The largest absolute Gasteiger partial charge is 0.0683 e. The molecule has 0 nitrogen and oxygen atoms in total. The van der Waals surface area contributed by atoms with Gasteiger partial charge in [0.05, 0.1) is 0 Å². The molecule has 0 heteroatoms. The zero-order valence-corrected chi connectivity index (χ0v) is 14.6. The van der Waals surface area contributed by atoms with Gasteiger partial charge >= 0.3 is 0 Å². The van der Waals surface area contributed by atoms with Gasteiger partial charge in [-0.2, -0.15) is 0 Å². The van der Waals surface area contributed by atoms with Crippen molar-refractivity contribution in [3.05, 3.63) is 70.8 Å². The fraction of sp³-hybridized carbons (Fsp3) is 0.400. The first-order chi connectivity index (χ1) is 9.61. The highest BCUT2D eigenvalue weighted by Crippen LogP contribution is 2.03. The van der Waals surface area contributed by atoms with Crippen molar-refractivity contribution in [1.82, 2.24) is 0 Å². The summed E-state index contributed by atoms with van der Waals surface area (Å²) < 4.78 is 0. The maximum absolute atomic E-state index is 2.12. The summed E-state index contributed by atoms with van der Waals surface area (Å²) in [5, 5.41) is 0. The van der Waals surface area contributed by atoms with Crippen LogP contribution in [-0.2, 0) is 0 Å². The van der Waals surface area contributed by atoms with Crippen LogP contribution < -0.4 is 0 Å². The van der Waals surface area contributed by atoms with Crippen LogP contribution in [0.5, 0.6) is 0 Å². The molecule has 0 aliphatic heterocycles. The summed E-state index contributed by atoms with van der Waals surface area (Å²) in [7, 11) is 0. The lowest BCUT2D eigenvalue weighted by Crippen LogP contribution is -1.74. The Morgan fingerprint density at radius 3 is 0.650 bits per heavy atom. The molecule has 20 heavy (non-hydrogen) atoms. The molecule has 0 saturated carbocycles. The molecule has 112 valence electrons. The molecule has 0 N–H and O–H groups in total. The number of hydrogen-bond acceptors (Lipinski definition) is 0. The van der Waals surface area contributed by atoms with Gasteiger partial charge in [0.2, 0.25) is 0 Å². The van der Waals surface area contributed by atoms with E-state index in [4.69, 9.17) is 0 Å². The molecule has 0 aliphatic rings. The Kier molecular flexibility index (Phi) is 14.4. The van der Waals surface area contributed by atoms with Crippen LogP contribution in [0.3, 0.4) is 0 Å². The summed E-state index contributed by atoms with van der Waals surface area (Å²) in [4.78, 5) is 0. The first-order valence-electron chi connectivity index (χ1n) is 7.65. The van der Waals surface area contributed by atoms with Gasteiger partial charge < -0.3 is 0 Å². The smallest absolute Gasteiger partial charge is 0.0395 e. The highest BCUT2D eigenvalue weighted by molar-refractivity contribution is 5.23. The number of benzene rings is 2. The lowest BCUT2D eigenvalue weighted by molar-refractivity contribution is 1.34. The molecule has 2 rings (SSSR count). The van der Waals surface area contributed by atoms with Crippen molar-refractivity contribution in [2.45, 2.75) is 55.4 Å². The van der Waals surface area contributed by atoms with Crippen LogP contribution in [0.4, 0.5) is 0 Å². The summed E-state index contributed by atoms with van der Waals surface area (Å²) in [6.45, 7) is 16.5. The molecule has 0 amide bonds. The van der Waals surface area contributed by atoms with Crippen LogP contribution >= 0.6 is 0 Å². The van der Waals surface area contributed by atoms with E-state index in [1.807, 2.05) is 27.7 Å². The molecule has 0 radical (unpaired) electrons. The van der Waals surface area contributed by atoms with Gasteiger partial charge in [0, 0.05) is 0 Å². The highest BCUT2D eigenvalue weighted by Gasteiger charge is 1.84. The summed E-state index contributed by atoms with van der Waals surface area (Å²) >= 11 is 0. The van der Waals surface area contributed by atoms with Gasteiger partial charge in [-0.15, -0.1) is 0 Å². The standard InChI is InChI=1S/2C8H10.2C2H6/c2*1-7-5-3-4-6-8(7)2;2*1-2/h2*3-6H,1-2H3;2*1-2H3. The van der Waals surface area contributed by atoms with E-state index in [9.17, 15) is 0 Å². The summed E-state index contributed by atoms with van der Waals surface area (Å²) in [6.07, 6.45) is 0. The Morgan fingerprint density at radius 1 is 0.400 bits per heavy atom. The molecule has 0 atom stereocenters. The quantitative estimate of drug-likeness (QED) is 0.503. The number of rotatable bonds is 0. The topological polar surface area (TPSA) is 0 Å². The normalized spacial score (nSPS) is 8.00. The molecule has 0 aliphatic carbocycles. The van der Waals surface area contributed by atoms with Crippen molar-refractivity contribution in [3.63, 3.8) is 0 Å². The van der Waals surface area contributed by atoms with Crippen LogP contribution in [0.1, 0.15) is 49.9 Å². The van der Waals surface area contributed by atoms with E-state index in [1.165, 1.54) is 22.3 Å². The van der Waals surface area contributed by atoms with E-state index < -0.39 is 0 Å². The van der Waals surface area contributed by atoms with Gasteiger partial charge in [0.15, 0.2) is 0 Å². The summed E-state index contributed by atoms with van der Waals surface area (Å²) in [5.74, 6) is 0. The molecule has 0 fully saturated rings. The van der Waals surface area contributed by atoms with E-state index in [0.717, 1.165) is 0 Å². The van der Waals surface area contributed by atoms with Gasteiger partial charge in [-0.1, -0.05) is 76.2 Å². The lowest BCUT2D eigenvalue weighted by atomic mass is 10.1. The van der Waals surface area contributed by atoms with Gasteiger partial charge in [0.1, 0.15) is 0 Å². The summed E-state index contributed by atoms with van der Waals surface area (Å²) in [5.41, 5.74) is 5.47. The average molecular weight is 272 g/mol. The average Bonchev–Trinajstić information content (AvgIpc) is 2.50. The maximum Gasteiger partial charge on any atom is -0.0395 e. The maximum atomic E-state index is 2.12. The Balaban J connectivity index is 0. The second-order valence-electron chi connectivity index (χ2n) is 4.17. The van der Waals surface area contributed by atoms with Gasteiger partial charge in [-0.25, -0.2) is 0 Å². The molecule has 0 unspecified atom stereocenters. The molecular weight excluding hydrogens is 240 g/mol. The highest BCUT2D eigenvalue weighted by atomic mass is 13.9. The monoisotopic (exact) mass is 272 g/mol. The summed E-state index contributed by atoms with van der Waals surface area (Å²) in [6, 6.07) is 16.7. The predicted molar refractivity (Wildman–Crippen MR) is 94.5 cm³/mol. The Labute approximate surface area is 126 Å². The van der Waals surface area contributed by atoms with Gasteiger partial charge in [-0.3, -0.25) is 0 Å². The fourth-order valence-electron chi connectivity index (χ4n) is 1.33. The molecule has 2 aromatic rings. The second kappa shape index (κ2) is 13.9. The predicted octanol–water partition coefficient (Wildman–Crippen LogP) is 6.66. The lowest BCUT2D eigenvalue weighted by Gasteiger charge is -1.93. The van der Waals surface area contributed by atoms with Crippen molar-refractivity contribution in [2.75, 3.05) is 0 Å². The van der Waals surface area contributed by atoms with Crippen molar-refractivity contribution >= 4 is 0 Å². The molecule has 0 heterocycles. The third kappa shape index (κ3) is 9.38. The van der Waals surface area contributed by atoms with Crippen molar-refractivity contribution in [3.8, 4) is 0 Å². The molecule has 0 saturated heterocycles. The van der Waals surface area contributed by atoms with Gasteiger partial charge in [-0.05, 0) is 49.9 Å². The van der Waals surface area contributed by atoms with E-state index >= 15 is 0 Å². The van der Waals surface area contributed by atoms with Crippen LogP contribution in [0, 0.1) is 27.7 Å². The van der Waals surface area contributed by atoms with Crippen LogP contribution in [0.25, 0.3) is 0 Å². The van der Waals surface area contributed by atoms with Gasteiger partial charge in [0.25, 0.3) is 0 Å². The minimum absolute atomic E-state index is 1.37. The fourth-order valence-corrected chi connectivity index (χ4v) is 1.33. The van der Waals surface area contributed by atoms with Crippen molar-refractivity contribution in [2.24, 2.45) is 0 Å². The third-order valence-corrected chi connectivity index (χ3v) is 2.85. The minimum Gasteiger partial charge on any atom is -0.0683 e. The van der Waals surface area contributed by atoms with Crippen molar-refractivity contribution < 1.29 is 0 Å². The Hall–Kier alpha value is -1.56. The SMILES string of the molecule is CC.CC.Cc1ccccc1C.Cc1ccccc1C. The second-order valence-corrected chi connectivity index (χ2v) is 4.17.